The summed E-state index contributed by atoms with van der Waals surface area (Å²) in [6.45, 7) is 2.80. The predicted molar refractivity (Wildman–Crippen MR) is 71.8 cm³/mol. The van der Waals surface area contributed by atoms with Gasteiger partial charge in [0.15, 0.2) is 15.6 Å². The third-order valence-electron chi connectivity index (χ3n) is 2.74. The first-order chi connectivity index (χ1) is 7.57. The van der Waals surface area contributed by atoms with Gasteiger partial charge in [-0.2, -0.15) is 0 Å². The molecule has 1 aromatic carbocycles. The van der Waals surface area contributed by atoms with Crippen molar-refractivity contribution in [2.24, 2.45) is 0 Å². The monoisotopic (exact) mass is 319 g/mol. The molecule has 94 valence electrons. The number of anilines is 1. The first-order valence-corrected chi connectivity index (χ1v) is 7.55. The fourth-order valence-electron chi connectivity index (χ4n) is 1.18. The number of hydrogen-bond acceptors (Lipinski definition) is 4. The molecule has 0 radical (unpaired) electrons. The van der Waals surface area contributed by atoms with Gasteiger partial charge in [0.05, 0.1) is 0 Å². The molecule has 0 fully saturated rings. The van der Waals surface area contributed by atoms with Crippen molar-refractivity contribution in [3.05, 3.63) is 28.2 Å². The molecular weight excluding hydrogens is 306 g/mol. The first kappa shape index (κ1) is 14.2. The van der Waals surface area contributed by atoms with Gasteiger partial charge in [-0.05, 0) is 48.0 Å². The van der Waals surface area contributed by atoms with Gasteiger partial charge >= 0.3 is 0 Å². The number of hydrogen-bond donors (Lipinski definition) is 1. The van der Waals surface area contributed by atoms with Gasteiger partial charge in [-0.3, -0.25) is 4.79 Å². The van der Waals surface area contributed by atoms with E-state index in [-0.39, 0.29) is 0 Å². The Kier molecular flexibility index (Phi) is 3.69. The summed E-state index contributed by atoms with van der Waals surface area (Å²) in [5.41, 5.74) is 6.43. The van der Waals surface area contributed by atoms with Crippen LogP contribution >= 0.6 is 15.9 Å². The summed E-state index contributed by atoms with van der Waals surface area (Å²) in [7, 11) is -3.47. The molecular formula is C11H14BrNO3S. The maximum atomic E-state index is 12.1. The van der Waals surface area contributed by atoms with E-state index in [9.17, 15) is 13.2 Å². The van der Waals surface area contributed by atoms with Crippen molar-refractivity contribution in [3.63, 3.8) is 0 Å². The van der Waals surface area contributed by atoms with Crippen molar-refractivity contribution < 1.29 is 13.2 Å². The number of nitrogens with two attached hydrogens (primary N) is 1. The van der Waals surface area contributed by atoms with E-state index in [2.05, 4.69) is 15.9 Å². The molecule has 0 aliphatic carbocycles. The van der Waals surface area contributed by atoms with Crippen LogP contribution in [-0.2, 0) is 9.84 Å². The summed E-state index contributed by atoms with van der Waals surface area (Å²) in [4.78, 5) is 12.1. The van der Waals surface area contributed by atoms with Gasteiger partial charge in [0, 0.05) is 22.0 Å². The van der Waals surface area contributed by atoms with Gasteiger partial charge in [0.2, 0.25) is 0 Å². The topological polar surface area (TPSA) is 77.2 Å². The van der Waals surface area contributed by atoms with Gasteiger partial charge < -0.3 is 5.73 Å². The molecule has 0 heterocycles. The average molecular weight is 320 g/mol. The Bertz CT molecular complexity index is 564. The summed E-state index contributed by atoms with van der Waals surface area (Å²) in [6.07, 6.45) is 1.05. The number of rotatable bonds is 3. The average Bonchev–Trinajstić information content (AvgIpc) is 2.19. The third kappa shape index (κ3) is 2.69. The minimum Gasteiger partial charge on any atom is -0.398 e. The summed E-state index contributed by atoms with van der Waals surface area (Å²) in [5.74, 6) is -0.444. The van der Waals surface area contributed by atoms with Crippen LogP contribution in [0.2, 0.25) is 0 Å². The second-order valence-electron chi connectivity index (χ2n) is 4.35. The molecule has 6 heteroatoms. The van der Waals surface area contributed by atoms with Crippen molar-refractivity contribution in [3.8, 4) is 0 Å². The van der Waals surface area contributed by atoms with Crippen molar-refractivity contribution >= 4 is 37.2 Å². The fourth-order valence-corrected chi connectivity index (χ4v) is 2.02. The zero-order chi connectivity index (χ0) is 13.4. The van der Waals surface area contributed by atoms with Crippen molar-refractivity contribution in [1.82, 2.24) is 0 Å². The molecule has 0 amide bonds. The van der Waals surface area contributed by atoms with Crippen LogP contribution < -0.4 is 5.73 Å². The molecule has 0 bridgehead atoms. The number of halogens is 1. The Morgan fingerprint density at radius 2 is 1.88 bits per heavy atom. The molecule has 0 spiro atoms. The van der Waals surface area contributed by atoms with Gasteiger partial charge in [0.25, 0.3) is 0 Å². The molecule has 17 heavy (non-hydrogen) atoms. The molecule has 0 atom stereocenters. The van der Waals surface area contributed by atoms with Crippen LogP contribution in [0, 0.1) is 0 Å². The summed E-state index contributed by atoms with van der Waals surface area (Å²) < 4.78 is 22.3. The van der Waals surface area contributed by atoms with E-state index in [4.69, 9.17) is 5.73 Å². The molecule has 0 aliphatic rings. The van der Waals surface area contributed by atoms with Crippen molar-refractivity contribution in [1.29, 1.82) is 0 Å². The lowest BCUT2D eigenvalue weighted by atomic mass is 10.00. The van der Waals surface area contributed by atoms with E-state index in [1.165, 1.54) is 26.0 Å². The van der Waals surface area contributed by atoms with Crippen LogP contribution in [0.25, 0.3) is 0 Å². The molecule has 1 aromatic rings. The molecule has 0 aromatic heterocycles. The second kappa shape index (κ2) is 4.42. The standard InChI is InChI=1S/C11H14BrNO3S/c1-11(2,17(3,15)16)10(14)7-4-5-9(13)8(12)6-7/h4-6H,13H2,1-3H3. The number of carbonyl (C=O) groups is 1. The normalized spacial score (nSPS) is 12.5. The van der Waals surface area contributed by atoms with E-state index >= 15 is 0 Å². The molecule has 0 saturated carbocycles. The minimum atomic E-state index is -3.47. The minimum absolute atomic E-state index is 0.321. The van der Waals surface area contributed by atoms with Gasteiger partial charge in [-0.25, -0.2) is 8.42 Å². The number of sulfone groups is 1. The fraction of sp³-hybridized carbons (Fsp3) is 0.364. The van der Waals surface area contributed by atoms with Gasteiger partial charge in [-0.1, -0.05) is 0 Å². The van der Waals surface area contributed by atoms with Crippen molar-refractivity contribution in [2.75, 3.05) is 12.0 Å². The Hall–Kier alpha value is -0.880. The van der Waals surface area contributed by atoms with E-state index in [0.717, 1.165) is 6.26 Å². The Morgan fingerprint density at radius 1 is 1.35 bits per heavy atom. The van der Waals surface area contributed by atoms with Crippen LogP contribution in [0.15, 0.2) is 22.7 Å². The Morgan fingerprint density at radius 3 is 2.29 bits per heavy atom. The highest BCUT2D eigenvalue weighted by molar-refractivity contribution is 9.10. The molecule has 2 N–H and O–H groups in total. The number of Topliss-reactive ketones (excluding diaryl/α,β-unsaturated/α-hetero) is 1. The quantitative estimate of drug-likeness (QED) is 0.683. The van der Waals surface area contributed by atoms with E-state index in [0.29, 0.717) is 15.7 Å². The molecule has 0 aliphatic heterocycles. The lowest BCUT2D eigenvalue weighted by molar-refractivity contribution is 0.0954. The maximum absolute atomic E-state index is 12.1. The van der Waals surface area contributed by atoms with Gasteiger partial charge in [-0.15, -0.1) is 0 Å². The number of benzene rings is 1. The third-order valence-corrected chi connectivity index (χ3v) is 5.46. The summed E-state index contributed by atoms with van der Waals surface area (Å²) in [6, 6.07) is 4.62. The second-order valence-corrected chi connectivity index (χ2v) is 7.77. The lowest BCUT2D eigenvalue weighted by Gasteiger charge is -2.21. The van der Waals surface area contributed by atoms with E-state index < -0.39 is 20.4 Å². The first-order valence-electron chi connectivity index (χ1n) is 4.87. The molecule has 4 nitrogen and oxygen atoms in total. The van der Waals surface area contributed by atoms with Crippen LogP contribution in [-0.4, -0.2) is 25.2 Å². The SMILES string of the molecule is CC(C)(C(=O)c1ccc(N)c(Br)c1)S(C)(=O)=O. The smallest absolute Gasteiger partial charge is 0.183 e. The van der Waals surface area contributed by atoms with Crippen LogP contribution in [0.5, 0.6) is 0 Å². The Balaban J connectivity index is 3.27. The van der Waals surface area contributed by atoms with E-state index in [1.807, 2.05) is 0 Å². The maximum Gasteiger partial charge on any atom is 0.183 e. The number of ketones is 1. The summed E-state index contributed by atoms with van der Waals surface area (Å²) in [5, 5.41) is 0. The number of carbonyl (C=O) groups excluding carboxylic acids is 1. The highest BCUT2D eigenvalue weighted by Crippen LogP contribution is 2.26. The van der Waals surface area contributed by atoms with Crippen molar-refractivity contribution in [2.45, 2.75) is 18.6 Å². The largest absolute Gasteiger partial charge is 0.398 e. The molecule has 0 saturated heterocycles. The van der Waals surface area contributed by atoms with Crippen LogP contribution in [0.1, 0.15) is 24.2 Å². The Labute approximate surface area is 109 Å². The molecule has 1 rings (SSSR count). The van der Waals surface area contributed by atoms with Crippen LogP contribution in [0.3, 0.4) is 0 Å². The van der Waals surface area contributed by atoms with Gasteiger partial charge in [0.1, 0.15) is 4.75 Å². The predicted octanol–water partition coefficient (Wildman–Crippen LogP) is 2.04. The molecule has 0 unspecified atom stereocenters. The van der Waals surface area contributed by atoms with E-state index in [1.54, 1.807) is 6.07 Å². The lowest BCUT2D eigenvalue weighted by Crippen LogP contribution is -2.39. The zero-order valence-electron chi connectivity index (χ0n) is 9.82. The highest BCUT2D eigenvalue weighted by Gasteiger charge is 2.38. The van der Waals surface area contributed by atoms with Crippen LogP contribution in [0.4, 0.5) is 5.69 Å². The highest BCUT2D eigenvalue weighted by atomic mass is 79.9. The zero-order valence-corrected chi connectivity index (χ0v) is 12.2. The summed E-state index contributed by atoms with van der Waals surface area (Å²) >= 11 is 3.20. The number of nitrogen functional groups attached to an aromatic ring is 1.